The van der Waals surface area contributed by atoms with E-state index in [2.05, 4.69) is 20.9 Å². The summed E-state index contributed by atoms with van der Waals surface area (Å²) in [6, 6.07) is 2.04. The van der Waals surface area contributed by atoms with Crippen LogP contribution in [0.25, 0.3) is 0 Å². The number of nitrogens with zero attached hydrogens (tertiary/aromatic N) is 2. The highest BCUT2D eigenvalue weighted by molar-refractivity contribution is 9.10. The second-order valence-electron chi connectivity index (χ2n) is 5.65. The van der Waals surface area contributed by atoms with Crippen molar-refractivity contribution in [3.05, 3.63) is 28.5 Å². The van der Waals surface area contributed by atoms with Gasteiger partial charge >= 0.3 is 0 Å². The maximum Gasteiger partial charge on any atom is 0.255 e. The zero-order chi connectivity index (χ0) is 14.9. The molecular weight excluding hydrogens is 336 g/mol. The predicted octanol–water partition coefficient (Wildman–Crippen LogP) is 2.60. The van der Waals surface area contributed by atoms with E-state index in [0.717, 1.165) is 30.2 Å². The molecule has 21 heavy (non-hydrogen) atoms. The first kappa shape index (κ1) is 14.9. The van der Waals surface area contributed by atoms with Crippen molar-refractivity contribution in [1.82, 2.24) is 9.88 Å². The summed E-state index contributed by atoms with van der Waals surface area (Å²) in [4.78, 5) is 18.4. The van der Waals surface area contributed by atoms with Crippen LogP contribution in [0.1, 0.15) is 36.0 Å². The van der Waals surface area contributed by atoms with E-state index in [1.807, 2.05) is 11.9 Å². The molecule has 2 heterocycles. The van der Waals surface area contributed by atoms with Gasteiger partial charge in [0.2, 0.25) is 0 Å². The van der Waals surface area contributed by atoms with Crippen molar-refractivity contribution in [1.29, 1.82) is 0 Å². The Balaban J connectivity index is 1.63. The maximum absolute atomic E-state index is 12.5. The van der Waals surface area contributed by atoms with Crippen LogP contribution in [0, 0.1) is 0 Å². The number of halogens is 1. The van der Waals surface area contributed by atoms with Gasteiger partial charge in [-0.1, -0.05) is 0 Å². The number of carbonyl (C=O) groups excluding carboxylic acids is 1. The summed E-state index contributed by atoms with van der Waals surface area (Å²) in [5, 5.41) is 0. The molecule has 1 aliphatic carbocycles. The van der Waals surface area contributed by atoms with Crippen LogP contribution in [-0.2, 0) is 9.47 Å². The Morgan fingerprint density at radius 1 is 1.33 bits per heavy atom. The van der Waals surface area contributed by atoms with E-state index >= 15 is 0 Å². The molecule has 2 fully saturated rings. The lowest BCUT2D eigenvalue weighted by atomic mass is 9.89. The first-order valence-electron chi connectivity index (χ1n) is 7.25. The number of amides is 1. The summed E-state index contributed by atoms with van der Waals surface area (Å²) >= 11 is 3.35. The minimum atomic E-state index is -0.377. The predicted molar refractivity (Wildman–Crippen MR) is 80.9 cm³/mol. The number of carbonyl (C=O) groups is 1. The van der Waals surface area contributed by atoms with Crippen LogP contribution in [0.5, 0.6) is 0 Å². The van der Waals surface area contributed by atoms with Crippen LogP contribution < -0.4 is 0 Å². The van der Waals surface area contributed by atoms with Crippen molar-refractivity contribution in [2.24, 2.45) is 0 Å². The lowest BCUT2D eigenvalue weighted by molar-refractivity contribution is -0.182. The second-order valence-corrected chi connectivity index (χ2v) is 6.56. The molecule has 2 aliphatic rings. The van der Waals surface area contributed by atoms with E-state index in [0.29, 0.717) is 18.8 Å². The molecule has 0 bridgehead atoms. The molecule has 5 nitrogen and oxygen atoms in total. The van der Waals surface area contributed by atoms with Crippen LogP contribution in [0.2, 0.25) is 0 Å². The van der Waals surface area contributed by atoms with Gasteiger partial charge in [0.15, 0.2) is 5.79 Å². The highest BCUT2D eigenvalue weighted by Crippen LogP contribution is 2.37. The fraction of sp³-hybridized carbons (Fsp3) is 0.600. The fourth-order valence-corrected chi connectivity index (χ4v) is 3.48. The summed E-state index contributed by atoms with van der Waals surface area (Å²) in [5.74, 6) is -0.365. The Hall–Kier alpha value is -0.980. The number of hydrogen-bond donors (Lipinski definition) is 0. The Morgan fingerprint density at radius 2 is 2.00 bits per heavy atom. The Bertz CT molecular complexity index is 521. The van der Waals surface area contributed by atoms with Crippen LogP contribution in [0.15, 0.2) is 22.9 Å². The third-order valence-corrected chi connectivity index (χ3v) is 4.78. The van der Waals surface area contributed by atoms with E-state index in [1.54, 1.807) is 18.5 Å². The molecule has 1 spiro atoms. The van der Waals surface area contributed by atoms with Gasteiger partial charge in [-0.05, 0) is 34.8 Å². The van der Waals surface area contributed by atoms with E-state index in [4.69, 9.17) is 9.47 Å². The van der Waals surface area contributed by atoms with Crippen LogP contribution in [0.3, 0.4) is 0 Å². The van der Waals surface area contributed by atoms with Crippen molar-refractivity contribution < 1.29 is 14.3 Å². The lowest BCUT2D eigenvalue weighted by Gasteiger charge is -2.39. The fourth-order valence-electron chi connectivity index (χ4n) is 3.11. The minimum Gasteiger partial charge on any atom is -0.348 e. The molecule has 0 radical (unpaired) electrons. The molecule has 1 amide bonds. The van der Waals surface area contributed by atoms with Gasteiger partial charge < -0.3 is 14.4 Å². The topological polar surface area (TPSA) is 51.7 Å². The third kappa shape index (κ3) is 3.12. The number of rotatable bonds is 2. The Morgan fingerprint density at radius 3 is 2.62 bits per heavy atom. The SMILES string of the molecule is CN(C(=O)c1cncc(Br)c1)C1CCC2(CC1)OCCO2. The molecule has 1 saturated heterocycles. The van der Waals surface area contributed by atoms with Crippen LogP contribution in [-0.4, -0.2) is 47.9 Å². The van der Waals surface area contributed by atoms with Gasteiger partial charge in [-0.2, -0.15) is 0 Å². The molecule has 114 valence electrons. The molecule has 1 aliphatic heterocycles. The van der Waals surface area contributed by atoms with Crippen molar-refractivity contribution in [2.75, 3.05) is 20.3 Å². The maximum atomic E-state index is 12.5. The average Bonchev–Trinajstić information content (AvgIpc) is 2.95. The van der Waals surface area contributed by atoms with Gasteiger partial charge in [0, 0.05) is 42.8 Å². The van der Waals surface area contributed by atoms with Crippen LogP contribution in [0.4, 0.5) is 0 Å². The average molecular weight is 355 g/mol. The first-order chi connectivity index (χ1) is 10.1. The standard InChI is InChI=1S/C15H19BrN2O3/c1-18(14(19)11-8-12(16)10-17-9-11)13-2-4-15(5-3-13)20-6-7-21-15/h8-10,13H,2-7H2,1H3. The first-order valence-corrected chi connectivity index (χ1v) is 8.05. The molecule has 0 atom stereocenters. The largest absolute Gasteiger partial charge is 0.348 e. The van der Waals surface area contributed by atoms with Gasteiger partial charge in [-0.25, -0.2) is 0 Å². The quantitative estimate of drug-likeness (QED) is 0.818. The number of aromatic nitrogens is 1. The van der Waals surface area contributed by atoms with Crippen molar-refractivity contribution in [3.63, 3.8) is 0 Å². The van der Waals surface area contributed by atoms with Crippen molar-refractivity contribution in [2.45, 2.75) is 37.5 Å². The smallest absolute Gasteiger partial charge is 0.255 e. The monoisotopic (exact) mass is 354 g/mol. The molecule has 1 aromatic heterocycles. The summed E-state index contributed by atoms with van der Waals surface area (Å²) in [6.07, 6.45) is 6.80. The molecule has 0 N–H and O–H groups in total. The van der Waals surface area contributed by atoms with E-state index < -0.39 is 0 Å². The Kier molecular flexibility index (Phi) is 4.28. The van der Waals surface area contributed by atoms with E-state index in [9.17, 15) is 4.79 Å². The zero-order valence-electron chi connectivity index (χ0n) is 12.0. The Labute approximate surface area is 132 Å². The zero-order valence-corrected chi connectivity index (χ0v) is 13.6. The van der Waals surface area contributed by atoms with Gasteiger partial charge in [0.25, 0.3) is 5.91 Å². The van der Waals surface area contributed by atoms with Gasteiger partial charge in [0.05, 0.1) is 18.8 Å². The summed E-state index contributed by atoms with van der Waals surface area (Å²) in [7, 11) is 1.86. The number of hydrogen-bond acceptors (Lipinski definition) is 4. The normalized spacial score (nSPS) is 21.6. The van der Waals surface area contributed by atoms with Gasteiger partial charge in [-0.3, -0.25) is 9.78 Å². The summed E-state index contributed by atoms with van der Waals surface area (Å²) in [5.41, 5.74) is 0.612. The van der Waals surface area contributed by atoms with Crippen LogP contribution >= 0.6 is 15.9 Å². The van der Waals surface area contributed by atoms with Crippen molar-refractivity contribution >= 4 is 21.8 Å². The molecule has 0 aromatic carbocycles. The highest BCUT2D eigenvalue weighted by Gasteiger charge is 2.41. The molecular formula is C15H19BrN2O3. The summed E-state index contributed by atoms with van der Waals surface area (Å²) in [6.45, 7) is 1.37. The second kappa shape index (κ2) is 6.02. The summed E-state index contributed by atoms with van der Waals surface area (Å²) < 4.78 is 12.3. The highest BCUT2D eigenvalue weighted by atomic mass is 79.9. The van der Waals surface area contributed by atoms with Gasteiger partial charge in [-0.15, -0.1) is 0 Å². The minimum absolute atomic E-state index is 0.0120. The molecule has 0 unspecified atom stereocenters. The lowest BCUT2D eigenvalue weighted by Crippen LogP contribution is -2.44. The molecule has 1 aromatic rings. The number of pyridine rings is 1. The third-order valence-electron chi connectivity index (χ3n) is 4.35. The molecule has 6 heteroatoms. The van der Waals surface area contributed by atoms with E-state index in [-0.39, 0.29) is 17.7 Å². The van der Waals surface area contributed by atoms with E-state index in [1.165, 1.54) is 0 Å². The molecule has 3 rings (SSSR count). The number of ether oxygens (including phenoxy) is 2. The van der Waals surface area contributed by atoms with Gasteiger partial charge in [0.1, 0.15) is 0 Å². The molecule has 1 saturated carbocycles. The van der Waals surface area contributed by atoms with Crippen molar-refractivity contribution in [3.8, 4) is 0 Å².